The maximum atomic E-state index is 5.76. The molecule has 0 heterocycles. The lowest BCUT2D eigenvalue weighted by molar-refractivity contribution is 0.274. The summed E-state index contributed by atoms with van der Waals surface area (Å²) in [7, 11) is 0. The second-order valence-electron chi connectivity index (χ2n) is 3.53. The van der Waals surface area contributed by atoms with Gasteiger partial charge in [-0.1, -0.05) is 27.2 Å². The van der Waals surface area contributed by atoms with E-state index in [1.807, 2.05) is 0 Å². The van der Waals surface area contributed by atoms with Crippen LogP contribution in [-0.2, 0) is 0 Å². The van der Waals surface area contributed by atoms with Crippen LogP contribution in [0.2, 0.25) is 0 Å². The molecular formula is C8H19N. The highest BCUT2D eigenvalue weighted by Gasteiger charge is 2.20. The van der Waals surface area contributed by atoms with Crippen LogP contribution in [0, 0.1) is 5.41 Å². The largest absolute Gasteiger partial charge is 0.327 e. The van der Waals surface area contributed by atoms with Crippen LogP contribution in [0.1, 0.15) is 40.5 Å². The molecule has 2 N–H and O–H groups in total. The zero-order chi connectivity index (χ0) is 7.49. The highest BCUT2D eigenvalue weighted by atomic mass is 14.7. The molecule has 0 aromatic rings. The number of hydrogen-bond donors (Lipinski definition) is 1. The quantitative estimate of drug-likeness (QED) is 0.621. The zero-order valence-corrected chi connectivity index (χ0v) is 7.07. The topological polar surface area (TPSA) is 26.0 Å². The first-order valence-electron chi connectivity index (χ1n) is 3.76. The molecule has 0 saturated heterocycles. The molecule has 1 unspecified atom stereocenters. The molecule has 0 bridgehead atoms. The summed E-state index contributed by atoms with van der Waals surface area (Å²) in [6, 6.07) is 0.317. The van der Waals surface area contributed by atoms with E-state index in [0.717, 1.165) is 0 Å². The predicted molar refractivity (Wildman–Crippen MR) is 42.3 cm³/mol. The van der Waals surface area contributed by atoms with Gasteiger partial charge >= 0.3 is 0 Å². The monoisotopic (exact) mass is 129 g/mol. The number of nitrogens with two attached hydrogens (primary N) is 1. The molecule has 0 spiro atoms. The molecule has 0 radical (unpaired) electrons. The van der Waals surface area contributed by atoms with Crippen molar-refractivity contribution in [3.8, 4) is 0 Å². The molecule has 1 heteroatoms. The van der Waals surface area contributed by atoms with Gasteiger partial charge in [-0.05, 0) is 18.8 Å². The molecule has 56 valence electrons. The van der Waals surface area contributed by atoms with Gasteiger partial charge in [0.05, 0.1) is 0 Å². The van der Waals surface area contributed by atoms with E-state index in [4.69, 9.17) is 5.73 Å². The van der Waals surface area contributed by atoms with Gasteiger partial charge in [0, 0.05) is 6.04 Å². The fraction of sp³-hybridized carbons (Fsp3) is 1.00. The van der Waals surface area contributed by atoms with Gasteiger partial charge in [-0.25, -0.2) is 0 Å². The number of rotatable bonds is 3. The van der Waals surface area contributed by atoms with Crippen LogP contribution < -0.4 is 5.73 Å². The Morgan fingerprint density at radius 3 is 2.00 bits per heavy atom. The van der Waals surface area contributed by atoms with E-state index in [2.05, 4.69) is 27.7 Å². The van der Waals surface area contributed by atoms with Gasteiger partial charge in [-0.15, -0.1) is 0 Å². The van der Waals surface area contributed by atoms with Gasteiger partial charge in [0.2, 0.25) is 0 Å². The van der Waals surface area contributed by atoms with Crippen LogP contribution in [0.15, 0.2) is 0 Å². The normalized spacial score (nSPS) is 15.7. The van der Waals surface area contributed by atoms with Crippen molar-refractivity contribution in [1.29, 1.82) is 0 Å². The van der Waals surface area contributed by atoms with E-state index in [1.165, 1.54) is 12.8 Å². The minimum absolute atomic E-state index is 0.317. The molecule has 1 nitrogen and oxygen atoms in total. The summed E-state index contributed by atoms with van der Waals surface area (Å²) in [4.78, 5) is 0. The molecule has 0 aliphatic carbocycles. The van der Waals surface area contributed by atoms with Crippen LogP contribution in [0.3, 0.4) is 0 Å². The van der Waals surface area contributed by atoms with Gasteiger partial charge < -0.3 is 5.73 Å². The van der Waals surface area contributed by atoms with Crippen molar-refractivity contribution in [2.75, 3.05) is 0 Å². The van der Waals surface area contributed by atoms with Crippen LogP contribution >= 0.6 is 0 Å². The summed E-state index contributed by atoms with van der Waals surface area (Å²) < 4.78 is 0. The molecule has 0 rings (SSSR count). The predicted octanol–water partition coefficient (Wildman–Crippen LogP) is 2.16. The van der Waals surface area contributed by atoms with E-state index >= 15 is 0 Å². The van der Waals surface area contributed by atoms with Crippen LogP contribution in [0.4, 0.5) is 0 Å². The van der Waals surface area contributed by atoms with E-state index in [1.54, 1.807) is 0 Å². The van der Waals surface area contributed by atoms with Crippen molar-refractivity contribution in [1.82, 2.24) is 0 Å². The third kappa shape index (κ3) is 2.85. The highest BCUT2D eigenvalue weighted by Crippen LogP contribution is 2.24. The lowest BCUT2D eigenvalue weighted by Gasteiger charge is -2.28. The summed E-state index contributed by atoms with van der Waals surface area (Å²) in [5, 5.41) is 0. The Labute approximate surface area is 58.6 Å². The second-order valence-corrected chi connectivity index (χ2v) is 3.53. The summed E-state index contributed by atoms with van der Waals surface area (Å²) in [6.07, 6.45) is 2.46. The Kier molecular flexibility index (Phi) is 3.20. The summed E-state index contributed by atoms with van der Waals surface area (Å²) in [5.74, 6) is 0. The first-order chi connectivity index (χ1) is 4.00. The lowest BCUT2D eigenvalue weighted by atomic mass is 9.82. The highest BCUT2D eigenvalue weighted by molar-refractivity contribution is 4.76. The third-order valence-corrected chi connectivity index (χ3v) is 2.13. The maximum Gasteiger partial charge on any atom is 0.00617 e. The van der Waals surface area contributed by atoms with Crippen LogP contribution in [-0.4, -0.2) is 6.04 Å². The lowest BCUT2D eigenvalue weighted by Crippen LogP contribution is -2.34. The van der Waals surface area contributed by atoms with Crippen LogP contribution in [0.25, 0.3) is 0 Å². The van der Waals surface area contributed by atoms with Crippen molar-refractivity contribution in [2.45, 2.75) is 46.6 Å². The molecule has 1 atom stereocenters. The molecule has 0 aliphatic rings. The molecule has 0 amide bonds. The fourth-order valence-electron chi connectivity index (χ4n) is 0.872. The second kappa shape index (κ2) is 3.21. The zero-order valence-electron chi connectivity index (χ0n) is 7.07. The van der Waals surface area contributed by atoms with E-state index < -0.39 is 0 Å². The standard InChI is InChI=1S/C8H19N/c1-5-6-8(3,4)7(2)9/h7H,5-6,9H2,1-4H3. The first kappa shape index (κ1) is 8.96. The Balaban J connectivity index is 3.70. The van der Waals surface area contributed by atoms with Crippen molar-refractivity contribution < 1.29 is 0 Å². The minimum Gasteiger partial charge on any atom is -0.327 e. The number of hydrogen-bond acceptors (Lipinski definition) is 1. The molecule has 0 saturated carbocycles. The fourth-order valence-corrected chi connectivity index (χ4v) is 0.872. The maximum absolute atomic E-state index is 5.76. The van der Waals surface area contributed by atoms with Crippen molar-refractivity contribution in [3.63, 3.8) is 0 Å². The average molecular weight is 129 g/mol. The first-order valence-corrected chi connectivity index (χ1v) is 3.76. The molecule has 9 heavy (non-hydrogen) atoms. The third-order valence-electron chi connectivity index (χ3n) is 2.13. The molecule has 0 aromatic carbocycles. The van der Waals surface area contributed by atoms with Gasteiger partial charge in [0.25, 0.3) is 0 Å². The smallest absolute Gasteiger partial charge is 0.00617 e. The van der Waals surface area contributed by atoms with Crippen molar-refractivity contribution in [3.05, 3.63) is 0 Å². The Bertz CT molecular complexity index is 74.6. The average Bonchev–Trinajstić information content (AvgIpc) is 1.65. The Morgan fingerprint density at radius 1 is 1.44 bits per heavy atom. The van der Waals surface area contributed by atoms with Crippen molar-refractivity contribution >= 4 is 0 Å². The summed E-state index contributed by atoms with van der Waals surface area (Å²) in [5.41, 5.74) is 6.08. The van der Waals surface area contributed by atoms with E-state index in [0.29, 0.717) is 11.5 Å². The molecular weight excluding hydrogens is 110 g/mol. The van der Waals surface area contributed by atoms with E-state index in [9.17, 15) is 0 Å². The molecule has 0 aromatic heterocycles. The molecule has 0 aliphatic heterocycles. The van der Waals surface area contributed by atoms with Gasteiger partial charge in [0.1, 0.15) is 0 Å². The molecule has 0 fully saturated rings. The van der Waals surface area contributed by atoms with Gasteiger partial charge in [-0.3, -0.25) is 0 Å². The van der Waals surface area contributed by atoms with Crippen LogP contribution in [0.5, 0.6) is 0 Å². The van der Waals surface area contributed by atoms with Crippen molar-refractivity contribution in [2.24, 2.45) is 11.1 Å². The van der Waals surface area contributed by atoms with Gasteiger partial charge in [-0.2, -0.15) is 0 Å². The summed E-state index contributed by atoms with van der Waals surface area (Å²) >= 11 is 0. The SMILES string of the molecule is CCCC(C)(C)C(C)N. The Morgan fingerprint density at radius 2 is 1.89 bits per heavy atom. The summed E-state index contributed by atoms with van der Waals surface area (Å²) in [6.45, 7) is 8.72. The minimum atomic E-state index is 0.317. The van der Waals surface area contributed by atoms with Gasteiger partial charge in [0.15, 0.2) is 0 Å². The Hall–Kier alpha value is -0.0400. The van der Waals surface area contributed by atoms with E-state index in [-0.39, 0.29) is 0 Å².